The second-order valence-electron chi connectivity index (χ2n) is 4.68. The zero-order valence-corrected chi connectivity index (χ0v) is 11.2. The fourth-order valence-electron chi connectivity index (χ4n) is 2.35. The minimum atomic E-state index is -5.64. The van der Waals surface area contributed by atoms with Crippen molar-refractivity contribution in [3.05, 3.63) is 0 Å². The molecule has 0 N–H and O–H groups in total. The summed E-state index contributed by atoms with van der Waals surface area (Å²) in [5.74, 6) is -5.79. The molecule has 1 atom stereocenters. The van der Waals surface area contributed by atoms with Crippen molar-refractivity contribution in [3.8, 4) is 0 Å². The van der Waals surface area contributed by atoms with Gasteiger partial charge in [0.2, 0.25) is 11.8 Å². The highest BCUT2D eigenvalue weighted by Gasteiger charge is 2.62. The van der Waals surface area contributed by atoms with E-state index in [0.717, 1.165) is 0 Å². The number of nitrogens with zero attached hydrogens (tertiary/aromatic N) is 1. The lowest BCUT2D eigenvalue weighted by molar-refractivity contribution is -0.278. The molecule has 1 aliphatic rings. The molecule has 0 spiro atoms. The second kappa shape index (κ2) is 6.41. The quantitative estimate of drug-likeness (QED) is 0.572. The molecule has 1 fully saturated rings. The minimum absolute atomic E-state index is 0.0805. The first-order chi connectivity index (χ1) is 9.09. The molecule has 1 aliphatic heterocycles. The predicted octanol–water partition coefficient (Wildman–Crippen LogP) is 3.74. The van der Waals surface area contributed by atoms with Gasteiger partial charge in [-0.25, -0.2) is 0 Å². The van der Waals surface area contributed by atoms with Crippen molar-refractivity contribution >= 4 is 17.5 Å². The molecule has 0 saturated carbocycles. The second-order valence-corrected chi connectivity index (χ2v) is 5.05. The molecule has 1 unspecified atom stereocenters. The molecule has 0 aromatic carbocycles. The normalized spacial score (nSPS) is 21.4. The molecule has 1 saturated heterocycles. The van der Waals surface area contributed by atoms with Gasteiger partial charge in [-0.15, -0.1) is 11.6 Å². The van der Waals surface area contributed by atoms with E-state index in [-0.39, 0.29) is 18.8 Å². The number of alkyl halides is 7. The molecule has 0 radical (unpaired) electrons. The van der Waals surface area contributed by atoms with Gasteiger partial charge in [0.1, 0.15) is 0 Å². The predicted molar refractivity (Wildman–Crippen MR) is 60.3 cm³/mol. The zero-order chi connectivity index (χ0) is 15.6. The Kier molecular flexibility index (Phi) is 5.57. The number of carbonyl (C=O) groups excluding carboxylic acids is 1. The Balaban J connectivity index is 2.98. The van der Waals surface area contributed by atoms with Crippen molar-refractivity contribution in [1.82, 2.24) is 4.90 Å². The van der Waals surface area contributed by atoms with E-state index in [4.69, 9.17) is 11.6 Å². The maximum atomic E-state index is 12.5. The Morgan fingerprint density at radius 3 is 2.15 bits per heavy atom. The van der Waals surface area contributed by atoms with E-state index in [1.165, 1.54) is 0 Å². The van der Waals surface area contributed by atoms with Gasteiger partial charge in [-0.3, -0.25) is 4.79 Å². The van der Waals surface area contributed by atoms with Gasteiger partial charge in [0.15, 0.2) is 0 Å². The van der Waals surface area contributed by atoms with E-state index in [2.05, 4.69) is 0 Å². The zero-order valence-electron chi connectivity index (χ0n) is 10.4. The Hall–Kier alpha value is -0.660. The molecular weight excluding hydrogens is 312 g/mol. The number of piperidine rings is 1. The number of carbonyl (C=O) groups is 1. The molecule has 0 aliphatic carbocycles. The third kappa shape index (κ3) is 4.17. The third-order valence-electron chi connectivity index (χ3n) is 3.25. The maximum absolute atomic E-state index is 12.5. The van der Waals surface area contributed by atoms with Gasteiger partial charge < -0.3 is 4.90 Å². The van der Waals surface area contributed by atoms with Gasteiger partial charge in [-0.2, -0.15) is 26.3 Å². The largest absolute Gasteiger partial charge is 0.409 e. The molecule has 2 nitrogen and oxygen atoms in total. The van der Waals surface area contributed by atoms with Gasteiger partial charge in [-0.05, 0) is 25.7 Å². The van der Waals surface area contributed by atoms with Crippen LogP contribution in [0.15, 0.2) is 0 Å². The van der Waals surface area contributed by atoms with Crippen molar-refractivity contribution in [3.63, 3.8) is 0 Å². The van der Waals surface area contributed by atoms with Crippen molar-refractivity contribution in [2.75, 3.05) is 12.4 Å². The average molecular weight is 326 g/mol. The first kappa shape index (κ1) is 17.4. The summed E-state index contributed by atoms with van der Waals surface area (Å²) >= 11 is 5.48. The first-order valence-electron chi connectivity index (χ1n) is 6.09. The van der Waals surface area contributed by atoms with Crippen LogP contribution in [-0.4, -0.2) is 41.6 Å². The van der Waals surface area contributed by atoms with Crippen LogP contribution < -0.4 is 0 Å². The van der Waals surface area contributed by atoms with Gasteiger partial charge >= 0.3 is 12.4 Å². The summed E-state index contributed by atoms with van der Waals surface area (Å²) in [4.78, 5) is 12.4. The maximum Gasteiger partial charge on any atom is 0.409 e. The van der Waals surface area contributed by atoms with E-state index in [0.29, 0.717) is 24.2 Å². The fraction of sp³-hybridized carbons (Fsp3) is 0.909. The van der Waals surface area contributed by atoms with Crippen molar-refractivity contribution in [1.29, 1.82) is 0 Å². The van der Waals surface area contributed by atoms with Gasteiger partial charge in [-0.1, -0.05) is 0 Å². The van der Waals surface area contributed by atoms with Crippen molar-refractivity contribution in [2.24, 2.45) is 5.92 Å². The first-order valence-corrected chi connectivity index (χ1v) is 6.62. The molecular formula is C11H14ClF6NO. The van der Waals surface area contributed by atoms with E-state index >= 15 is 0 Å². The minimum Gasteiger partial charge on any atom is -0.339 e. The lowest BCUT2D eigenvalue weighted by Gasteiger charge is -2.38. The summed E-state index contributed by atoms with van der Waals surface area (Å²) in [6.07, 6.45) is -9.66. The number of halogens is 7. The molecule has 1 amide bonds. The van der Waals surface area contributed by atoms with Gasteiger partial charge in [0, 0.05) is 18.5 Å². The summed E-state index contributed by atoms with van der Waals surface area (Å²) in [7, 11) is 0. The highest BCUT2D eigenvalue weighted by atomic mass is 35.5. The van der Waals surface area contributed by atoms with Crippen LogP contribution in [0.2, 0.25) is 0 Å². The molecule has 118 valence electrons. The Bertz CT molecular complexity index is 327. The molecule has 0 bridgehead atoms. The van der Waals surface area contributed by atoms with E-state index in [9.17, 15) is 31.1 Å². The van der Waals surface area contributed by atoms with Crippen LogP contribution in [0, 0.1) is 5.92 Å². The van der Waals surface area contributed by atoms with Crippen LogP contribution in [0.1, 0.15) is 25.7 Å². The molecule has 1 rings (SSSR count). The lowest BCUT2D eigenvalue weighted by atomic mass is 9.97. The Labute approximate surface area is 117 Å². The highest BCUT2D eigenvalue weighted by molar-refractivity contribution is 6.17. The van der Waals surface area contributed by atoms with E-state index < -0.39 is 30.2 Å². The lowest BCUT2D eigenvalue weighted by Crippen LogP contribution is -2.54. The summed E-state index contributed by atoms with van der Waals surface area (Å²) in [6, 6.07) is -0.652. The van der Waals surface area contributed by atoms with E-state index in [1.807, 2.05) is 0 Å². The number of amides is 1. The molecule has 1 heterocycles. The van der Waals surface area contributed by atoms with Gasteiger partial charge in [0.05, 0.1) is 0 Å². The third-order valence-corrected chi connectivity index (χ3v) is 3.47. The van der Waals surface area contributed by atoms with Crippen LogP contribution in [0.25, 0.3) is 0 Å². The number of rotatable bonds is 3. The van der Waals surface area contributed by atoms with Gasteiger partial charge in [0.25, 0.3) is 0 Å². The molecule has 9 heteroatoms. The van der Waals surface area contributed by atoms with Crippen LogP contribution in [0.4, 0.5) is 26.3 Å². The smallest absolute Gasteiger partial charge is 0.339 e. The number of hydrogen-bond donors (Lipinski definition) is 0. The van der Waals surface area contributed by atoms with Crippen LogP contribution >= 0.6 is 11.6 Å². The Morgan fingerprint density at radius 1 is 1.15 bits per heavy atom. The summed E-state index contributed by atoms with van der Waals surface area (Å²) in [5.41, 5.74) is 0. The molecule has 0 aromatic rings. The highest BCUT2D eigenvalue weighted by Crippen LogP contribution is 2.41. The standard InChI is InChI=1S/C11H14ClF6NO/c12-5-4-7-3-1-2-6-19(7)9(20)8(10(13,14)15)11(16,17)18/h7-8H,1-6H2. The van der Waals surface area contributed by atoms with Crippen molar-refractivity contribution < 1.29 is 31.1 Å². The average Bonchev–Trinajstić information content (AvgIpc) is 2.26. The van der Waals surface area contributed by atoms with Crippen LogP contribution in [0.3, 0.4) is 0 Å². The number of hydrogen-bond acceptors (Lipinski definition) is 1. The number of likely N-dealkylation sites (tertiary alicyclic amines) is 1. The summed E-state index contributed by atoms with van der Waals surface area (Å²) < 4.78 is 75.2. The Morgan fingerprint density at radius 2 is 1.70 bits per heavy atom. The summed E-state index contributed by atoms with van der Waals surface area (Å²) in [6.45, 7) is -0.0942. The summed E-state index contributed by atoms with van der Waals surface area (Å²) in [5, 5.41) is 0. The van der Waals surface area contributed by atoms with Crippen molar-refractivity contribution in [2.45, 2.75) is 44.1 Å². The van der Waals surface area contributed by atoms with Crippen LogP contribution in [0.5, 0.6) is 0 Å². The monoisotopic (exact) mass is 325 g/mol. The van der Waals surface area contributed by atoms with Crippen LogP contribution in [-0.2, 0) is 4.79 Å². The molecule has 20 heavy (non-hydrogen) atoms. The van der Waals surface area contributed by atoms with E-state index in [1.54, 1.807) is 0 Å². The molecule has 0 aromatic heterocycles. The topological polar surface area (TPSA) is 20.3 Å². The fourth-order valence-corrected chi connectivity index (χ4v) is 2.60. The SMILES string of the molecule is O=C(C(C(F)(F)F)C(F)(F)F)N1CCCCC1CCCl.